The van der Waals surface area contributed by atoms with Gasteiger partial charge in [0, 0.05) is 6.42 Å². The van der Waals surface area contributed by atoms with Crippen LogP contribution in [0.15, 0.2) is 24.3 Å². The highest BCUT2D eigenvalue weighted by atomic mass is 16.5. The average Bonchev–Trinajstić information content (AvgIpc) is 3.31. The zero-order valence-electron chi connectivity index (χ0n) is 44.6. The number of hydrogen-bond donors (Lipinski definition) is 3. The van der Waals surface area contributed by atoms with Crippen molar-refractivity contribution in [3.63, 3.8) is 0 Å². The lowest BCUT2D eigenvalue weighted by molar-refractivity contribution is -0.151. The zero-order valence-corrected chi connectivity index (χ0v) is 44.6. The molecule has 3 atom stereocenters. The summed E-state index contributed by atoms with van der Waals surface area (Å²) in [6.07, 6.45) is 63.9. The summed E-state index contributed by atoms with van der Waals surface area (Å²) in [7, 11) is 0. The Morgan fingerprint density at radius 2 is 0.758 bits per heavy atom. The Bertz CT molecular complexity index is 1040. The minimum absolute atomic E-state index is 0.0699. The summed E-state index contributed by atoms with van der Waals surface area (Å²) in [6.45, 7) is 6.49. The van der Waals surface area contributed by atoms with Crippen LogP contribution in [0, 0.1) is 0 Å². The van der Waals surface area contributed by atoms with Crippen molar-refractivity contribution in [2.45, 2.75) is 341 Å². The molecule has 0 spiro atoms. The van der Waals surface area contributed by atoms with E-state index < -0.39 is 18.2 Å². The lowest BCUT2D eigenvalue weighted by Gasteiger charge is -2.24. The van der Waals surface area contributed by atoms with Gasteiger partial charge in [-0.25, -0.2) is 0 Å². The largest absolute Gasteiger partial charge is 0.462 e. The molecule has 0 aromatic heterocycles. The molecule has 0 radical (unpaired) electrons. The van der Waals surface area contributed by atoms with Gasteiger partial charge in [-0.05, 0) is 51.4 Å². The monoisotopic (exact) mass is 930 g/mol. The van der Waals surface area contributed by atoms with Crippen LogP contribution in [0.5, 0.6) is 0 Å². The van der Waals surface area contributed by atoms with Crippen LogP contribution in [-0.4, -0.2) is 46.9 Å². The standard InChI is InChI=1S/C60H115NO5/c1-4-7-10-13-16-19-22-25-27-29-31-34-37-40-43-46-49-52-58(63)57(55-62)61-59(64)54-56(51-48-45-42-39-36-33-24-21-18-15-12-9-6-3)66-60(65)53-50-47-44-41-38-35-32-30-28-26-23-20-17-14-11-8-5-2/h18,21,24,33,56-58,62-63H,4-17,19-20,22-23,25-32,34-55H2,1-3H3,(H,61,64)/b21-18+,33-24+. The highest BCUT2D eigenvalue weighted by Gasteiger charge is 2.24. The number of ether oxygens (including phenoxy) is 1. The number of rotatable bonds is 54. The Kier molecular flexibility index (Phi) is 52.9. The molecule has 0 rings (SSSR count). The van der Waals surface area contributed by atoms with Gasteiger partial charge in [-0.3, -0.25) is 9.59 Å². The van der Waals surface area contributed by atoms with E-state index in [4.69, 9.17) is 4.74 Å². The van der Waals surface area contributed by atoms with Gasteiger partial charge in [0.1, 0.15) is 6.10 Å². The molecule has 0 saturated heterocycles. The van der Waals surface area contributed by atoms with Crippen molar-refractivity contribution in [2.24, 2.45) is 0 Å². The van der Waals surface area contributed by atoms with Crippen LogP contribution in [0.1, 0.15) is 323 Å². The molecule has 0 aliphatic rings. The maximum Gasteiger partial charge on any atom is 0.306 e. The first-order valence-corrected chi connectivity index (χ1v) is 29.6. The van der Waals surface area contributed by atoms with Gasteiger partial charge in [0.15, 0.2) is 0 Å². The molecule has 0 bridgehead atoms. The number of amides is 1. The average molecular weight is 931 g/mol. The summed E-state index contributed by atoms with van der Waals surface area (Å²) >= 11 is 0. The summed E-state index contributed by atoms with van der Waals surface area (Å²) < 4.78 is 5.96. The molecule has 6 heteroatoms. The van der Waals surface area contributed by atoms with E-state index >= 15 is 0 Å². The minimum atomic E-state index is -0.790. The van der Waals surface area contributed by atoms with Gasteiger partial charge in [-0.15, -0.1) is 0 Å². The van der Waals surface area contributed by atoms with Gasteiger partial charge in [-0.2, -0.15) is 0 Å². The molecule has 3 unspecified atom stereocenters. The van der Waals surface area contributed by atoms with E-state index in [2.05, 4.69) is 50.4 Å². The van der Waals surface area contributed by atoms with Crippen LogP contribution in [0.25, 0.3) is 0 Å². The van der Waals surface area contributed by atoms with Gasteiger partial charge >= 0.3 is 5.97 Å². The number of aliphatic hydroxyl groups excluding tert-OH is 2. The third kappa shape index (κ3) is 48.8. The fraction of sp³-hybridized carbons (Fsp3) is 0.900. The maximum absolute atomic E-state index is 13.3. The Balaban J connectivity index is 4.48. The summed E-state index contributed by atoms with van der Waals surface area (Å²) in [6, 6.07) is -0.705. The predicted octanol–water partition coefficient (Wildman–Crippen LogP) is 18.2. The topological polar surface area (TPSA) is 95.9 Å². The predicted molar refractivity (Wildman–Crippen MR) is 287 cm³/mol. The number of hydrogen-bond acceptors (Lipinski definition) is 5. The van der Waals surface area contributed by atoms with E-state index in [1.54, 1.807) is 0 Å². The first kappa shape index (κ1) is 64.3. The number of esters is 1. The minimum Gasteiger partial charge on any atom is -0.462 e. The van der Waals surface area contributed by atoms with Crippen molar-refractivity contribution in [1.29, 1.82) is 0 Å². The highest BCUT2D eigenvalue weighted by Crippen LogP contribution is 2.19. The van der Waals surface area contributed by atoms with Crippen molar-refractivity contribution in [3.05, 3.63) is 24.3 Å². The molecule has 0 aliphatic carbocycles. The summed E-state index contributed by atoms with van der Waals surface area (Å²) in [5.74, 6) is -0.474. The second-order valence-electron chi connectivity index (χ2n) is 20.4. The summed E-state index contributed by atoms with van der Waals surface area (Å²) in [4.78, 5) is 26.3. The lowest BCUT2D eigenvalue weighted by atomic mass is 10.0. The molecule has 0 fully saturated rings. The molecular formula is C60H115NO5. The van der Waals surface area contributed by atoms with E-state index in [1.165, 1.54) is 205 Å². The smallest absolute Gasteiger partial charge is 0.306 e. The maximum atomic E-state index is 13.3. The second kappa shape index (κ2) is 54.3. The quantitative estimate of drug-likeness (QED) is 0.0321. The normalized spacial score (nSPS) is 13.2. The Hall–Kier alpha value is -1.66. The molecule has 0 aromatic rings. The van der Waals surface area contributed by atoms with Gasteiger partial charge in [0.05, 0.1) is 25.2 Å². The van der Waals surface area contributed by atoms with E-state index in [0.717, 1.165) is 70.6 Å². The number of aliphatic hydroxyl groups is 2. The van der Waals surface area contributed by atoms with E-state index in [0.29, 0.717) is 19.3 Å². The van der Waals surface area contributed by atoms with Gasteiger partial charge in [0.25, 0.3) is 0 Å². The molecule has 0 heterocycles. The van der Waals surface area contributed by atoms with Crippen LogP contribution >= 0.6 is 0 Å². The number of nitrogens with one attached hydrogen (secondary N) is 1. The van der Waals surface area contributed by atoms with Crippen LogP contribution in [0.2, 0.25) is 0 Å². The van der Waals surface area contributed by atoms with Crippen LogP contribution in [0.4, 0.5) is 0 Å². The molecule has 66 heavy (non-hydrogen) atoms. The Labute approximate surface area is 411 Å². The molecule has 0 saturated carbocycles. The third-order valence-corrected chi connectivity index (χ3v) is 13.8. The number of carbonyl (C=O) groups excluding carboxylic acids is 2. The van der Waals surface area contributed by atoms with Crippen LogP contribution in [0.3, 0.4) is 0 Å². The summed E-state index contributed by atoms with van der Waals surface area (Å²) in [5, 5.41) is 23.9. The molecule has 6 nitrogen and oxygen atoms in total. The molecule has 0 aromatic carbocycles. The molecule has 390 valence electrons. The van der Waals surface area contributed by atoms with Crippen LogP contribution < -0.4 is 5.32 Å². The zero-order chi connectivity index (χ0) is 48.1. The molecule has 0 aliphatic heterocycles. The Morgan fingerprint density at radius 3 is 1.15 bits per heavy atom. The number of allylic oxidation sites excluding steroid dienone is 4. The van der Waals surface area contributed by atoms with Crippen molar-refractivity contribution < 1.29 is 24.5 Å². The number of unbranched alkanes of at least 4 members (excludes halogenated alkanes) is 39. The lowest BCUT2D eigenvalue weighted by Crippen LogP contribution is -2.46. The van der Waals surface area contributed by atoms with Crippen LogP contribution in [-0.2, 0) is 14.3 Å². The fourth-order valence-corrected chi connectivity index (χ4v) is 9.31. The summed E-state index contributed by atoms with van der Waals surface area (Å²) in [5.41, 5.74) is 0. The molecule has 1 amide bonds. The highest BCUT2D eigenvalue weighted by molar-refractivity contribution is 5.77. The van der Waals surface area contributed by atoms with E-state index in [9.17, 15) is 19.8 Å². The molecule has 3 N–H and O–H groups in total. The number of carbonyl (C=O) groups is 2. The fourth-order valence-electron chi connectivity index (χ4n) is 9.31. The van der Waals surface area contributed by atoms with E-state index in [-0.39, 0.29) is 24.9 Å². The van der Waals surface area contributed by atoms with Crippen molar-refractivity contribution in [1.82, 2.24) is 5.32 Å². The van der Waals surface area contributed by atoms with E-state index in [1.807, 2.05) is 0 Å². The second-order valence-corrected chi connectivity index (χ2v) is 20.4. The van der Waals surface area contributed by atoms with Gasteiger partial charge in [0.2, 0.25) is 5.91 Å². The van der Waals surface area contributed by atoms with Crippen molar-refractivity contribution in [2.75, 3.05) is 6.61 Å². The molecular weight excluding hydrogens is 815 g/mol. The SMILES string of the molecule is CCCCC/C=C/C=C/CCCCCCC(CC(=O)NC(CO)C(O)CCCCCCCCCCCCCCCCCCC)OC(=O)CCCCCCCCCCCCCCCCCCC. The van der Waals surface area contributed by atoms with Gasteiger partial charge in [-0.1, -0.05) is 283 Å². The van der Waals surface area contributed by atoms with Gasteiger partial charge < -0.3 is 20.3 Å². The van der Waals surface area contributed by atoms with Crippen molar-refractivity contribution in [3.8, 4) is 0 Å². The first-order valence-electron chi connectivity index (χ1n) is 29.6. The third-order valence-electron chi connectivity index (χ3n) is 13.8. The van der Waals surface area contributed by atoms with Crippen molar-refractivity contribution >= 4 is 11.9 Å². The first-order chi connectivity index (χ1) is 32.5. The Morgan fingerprint density at radius 1 is 0.439 bits per heavy atom.